The number of aromatic nitrogens is 4. The molecule has 0 fully saturated rings. The van der Waals surface area contributed by atoms with Crippen molar-refractivity contribution in [3.63, 3.8) is 0 Å². The zero-order valence-electron chi connectivity index (χ0n) is 17.8. The van der Waals surface area contributed by atoms with Gasteiger partial charge >= 0.3 is 0 Å². The van der Waals surface area contributed by atoms with E-state index in [-0.39, 0.29) is 16.8 Å². The predicted octanol–water partition coefficient (Wildman–Crippen LogP) is 3.67. The molecular formula is C20H23BrN6O3S. The van der Waals surface area contributed by atoms with Crippen LogP contribution in [0.1, 0.15) is 35.7 Å². The zero-order valence-corrected chi connectivity index (χ0v) is 20.2. The first-order chi connectivity index (χ1) is 14.5. The number of sulfonamides is 1. The standard InChI is InChI=1S/C20H23BrN6O3S/c1-11-10-12(2)23-20(22-11)26-31(29,30)17-8-6-16(7-9-17)24-19(28)15(5)27-14(4)18(21)13(3)25-27/h6-10,15H,1-5H3,(H,24,28)(H,22,23,26). The Morgan fingerprint density at radius 3 is 2.16 bits per heavy atom. The molecule has 0 aliphatic heterocycles. The summed E-state index contributed by atoms with van der Waals surface area (Å²) >= 11 is 3.46. The minimum atomic E-state index is -3.87. The second kappa shape index (κ2) is 8.75. The van der Waals surface area contributed by atoms with Crippen molar-refractivity contribution in [1.29, 1.82) is 0 Å². The fourth-order valence-electron chi connectivity index (χ4n) is 3.05. The first kappa shape index (κ1) is 22.9. The van der Waals surface area contributed by atoms with Crippen LogP contribution in [-0.2, 0) is 14.8 Å². The Labute approximate surface area is 189 Å². The summed E-state index contributed by atoms with van der Waals surface area (Å²) in [7, 11) is -3.87. The summed E-state index contributed by atoms with van der Waals surface area (Å²) < 4.78 is 30.1. The van der Waals surface area contributed by atoms with Crippen LogP contribution in [0, 0.1) is 27.7 Å². The van der Waals surface area contributed by atoms with Crippen LogP contribution < -0.4 is 10.0 Å². The molecule has 1 amide bonds. The Morgan fingerprint density at radius 2 is 1.65 bits per heavy atom. The van der Waals surface area contributed by atoms with Gasteiger partial charge in [-0.15, -0.1) is 0 Å². The van der Waals surface area contributed by atoms with Crippen molar-refractivity contribution in [3.05, 3.63) is 57.6 Å². The van der Waals surface area contributed by atoms with Crippen molar-refractivity contribution in [2.45, 2.75) is 45.6 Å². The highest BCUT2D eigenvalue weighted by Crippen LogP contribution is 2.24. The third-order valence-electron chi connectivity index (χ3n) is 4.62. The predicted molar refractivity (Wildman–Crippen MR) is 121 cm³/mol. The third-order valence-corrected chi connectivity index (χ3v) is 7.11. The van der Waals surface area contributed by atoms with Gasteiger partial charge in [-0.1, -0.05) is 0 Å². The molecule has 0 spiro atoms. The highest BCUT2D eigenvalue weighted by molar-refractivity contribution is 9.10. The third kappa shape index (κ3) is 5.10. The molecule has 164 valence electrons. The molecule has 0 saturated carbocycles. The lowest BCUT2D eigenvalue weighted by Crippen LogP contribution is -2.25. The van der Waals surface area contributed by atoms with E-state index >= 15 is 0 Å². The molecule has 0 aliphatic carbocycles. The molecule has 2 N–H and O–H groups in total. The van der Waals surface area contributed by atoms with Crippen LogP contribution in [0.3, 0.4) is 0 Å². The highest BCUT2D eigenvalue weighted by atomic mass is 79.9. The summed E-state index contributed by atoms with van der Waals surface area (Å²) in [5.41, 5.74) is 3.44. The van der Waals surface area contributed by atoms with E-state index in [1.165, 1.54) is 24.3 Å². The van der Waals surface area contributed by atoms with Gasteiger partial charge in [0.25, 0.3) is 10.0 Å². The van der Waals surface area contributed by atoms with Gasteiger partial charge in [-0.2, -0.15) is 5.10 Å². The molecule has 31 heavy (non-hydrogen) atoms. The molecule has 1 aromatic carbocycles. The van der Waals surface area contributed by atoms with Gasteiger partial charge in [0.1, 0.15) is 6.04 Å². The Kier molecular flexibility index (Phi) is 6.46. The maximum atomic E-state index is 12.6. The molecule has 3 rings (SSSR count). The molecular weight excluding hydrogens is 484 g/mol. The zero-order chi connectivity index (χ0) is 22.9. The molecule has 11 heteroatoms. The summed E-state index contributed by atoms with van der Waals surface area (Å²) in [4.78, 5) is 20.9. The largest absolute Gasteiger partial charge is 0.324 e. The molecule has 0 radical (unpaired) electrons. The number of aryl methyl sites for hydroxylation is 3. The van der Waals surface area contributed by atoms with Gasteiger partial charge in [-0.3, -0.25) is 9.48 Å². The number of halogens is 1. The highest BCUT2D eigenvalue weighted by Gasteiger charge is 2.21. The molecule has 2 aromatic heterocycles. The minimum absolute atomic E-state index is 0.0137. The molecule has 3 aromatic rings. The molecule has 0 bridgehead atoms. The fourth-order valence-corrected chi connectivity index (χ4v) is 4.25. The summed E-state index contributed by atoms with van der Waals surface area (Å²) in [6.07, 6.45) is 0. The van der Waals surface area contributed by atoms with Crippen molar-refractivity contribution in [2.75, 3.05) is 10.0 Å². The van der Waals surface area contributed by atoms with Crippen LogP contribution in [0.15, 0.2) is 39.7 Å². The van der Waals surface area contributed by atoms with Gasteiger partial charge in [0.15, 0.2) is 0 Å². The van der Waals surface area contributed by atoms with E-state index in [0.29, 0.717) is 17.1 Å². The second-order valence-corrected chi connectivity index (χ2v) is 9.67. The lowest BCUT2D eigenvalue weighted by atomic mass is 10.2. The molecule has 1 unspecified atom stereocenters. The molecule has 2 heterocycles. The number of hydrogen-bond acceptors (Lipinski definition) is 6. The van der Waals surface area contributed by atoms with Crippen LogP contribution in [-0.4, -0.2) is 34.1 Å². The molecule has 1 atom stereocenters. The lowest BCUT2D eigenvalue weighted by molar-refractivity contribution is -0.119. The number of nitrogens with one attached hydrogen (secondary N) is 2. The van der Waals surface area contributed by atoms with E-state index in [1.54, 1.807) is 31.5 Å². The molecule has 0 aliphatic rings. The van der Waals surface area contributed by atoms with E-state index in [4.69, 9.17) is 0 Å². The van der Waals surface area contributed by atoms with Crippen LogP contribution >= 0.6 is 15.9 Å². The smallest absolute Gasteiger partial charge is 0.264 e. The molecule has 0 saturated heterocycles. The van der Waals surface area contributed by atoms with Crippen molar-refractivity contribution in [2.24, 2.45) is 0 Å². The van der Waals surface area contributed by atoms with Crippen molar-refractivity contribution >= 4 is 43.5 Å². The minimum Gasteiger partial charge on any atom is -0.324 e. The van der Waals surface area contributed by atoms with Crippen molar-refractivity contribution in [3.8, 4) is 0 Å². The van der Waals surface area contributed by atoms with E-state index in [1.807, 2.05) is 13.8 Å². The van der Waals surface area contributed by atoms with Gasteiger partial charge in [-0.05, 0) is 80.9 Å². The quantitative estimate of drug-likeness (QED) is 0.526. The second-order valence-electron chi connectivity index (χ2n) is 7.20. The number of nitrogens with zero attached hydrogens (tertiary/aromatic N) is 4. The number of anilines is 2. The van der Waals surface area contributed by atoms with Crippen LogP contribution in [0.4, 0.5) is 11.6 Å². The van der Waals surface area contributed by atoms with Gasteiger partial charge in [0, 0.05) is 17.1 Å². The lowest BCUT2D eigenvalue weighted by Gasteiger charge is -2.15. The monoisotopic (exact) mass is 506 g/mol. The average Bonchev–Trinajstić information content (AvgIpc) is 2.94. The number of hydrogen-bond donors (Lipinski definition) is 2. The number of amides is 1. The Balaban J connectivity index is 1.73. The van der Waals surface area contributed by atoms with Gasteiger partial charge in [0.2, 0.25) is 11.9 Å². The summed E-state index contributed by atoms with van der Waals surface area (Å²) in [5.74, 6) is -0.254. The fraction of sp³-hybridized carbons (Fsp3) is 0.300. The number of carbonyl (C=O) groups excluding carboxylic acids is 1. The number of benzene rings is 1. The summed E-state index contributed by atoms with van der Waals surface area (Å²) in [6, 6.07) is 7.08. The molecule has 9 nitrogen and oxygen atoms in total. The number of carbonyl (C=O) groups is 1. The van der Waals surface area contributed by atoms with Gasteiger partial charge in [0.05, 0.1) is 20.8 Å². The first-order valence-corrected chi connectivity index (χ1v) is 11.7. The topological polar surface area (TPSA) is 119 Å². The first-order valence-electron chi connectivity index (χ1n) is 9.45. The van der Waals surface area contributed by atoms with Crippen molar-refractivity contribution < 1.29 is 13.2 Å². The van der Waals surface area contributed by atoms with E-state index < -0.39 is 16.1 Å². The Hall–Kier alpha value is -2.79. The van der Waals surface area contributed by atoms with E-state index in [2.05, 4.69) is 41.0 Å². The van der Waals surface area contributed by atoms with E-state index in [9.17, 15) is 13.2 Å². The van der Waals surface area contributed by atoms with Gasteiger partial charge in [-0.25, -0.2) is 23.1 Å². The average molecular weight is 507 g/mol. The normalized spacial score (nSPS) is 12.5. The van der Waals surface area contributed by atoms with Crippen LogP contribution in [0.5, 0.6) is 0 Å². The van der Waals surface area contributed by atoms with Crippen LogP contribution in [0.25, 0.3) is 0 Å². The Morgan fingerprint density at radius 1 is 1.06 bits per heavy atom. The van der Waals surface area contributed by atoms with Gasteiger partial charge < -0.3 is 5.32 Å². The van der Waals surface area contributed by atoms with Crippen LogP contribution in [0.2, 0.25) is 0 Å². The Bertz CT molecular complexity index is 1220. The van der Waals surface area contributed by atoms with Crippen molar-refractivity contribution in [1.82, 2.24) is 19.7 Å². The summed E-state index contributed by atoms with van der Waals surface area (Å²) in [5, 5.41) is 7.16. The number of rotatable bonds is 6. The maximum Gasteiger partial charge on any atom is 0.264 e. The summed E-state index contributed by atoms with van der Waals surface area (Å²) in [6.45, 7) is 8.99. The maximum absolute atomic E-state index is 12.6. The SMILES string of the molecule is Cc1cc(C)nc(NS(=O)(=O)c2ccc(NC(=O)C(C)n3nc(C)c(Br)c3C)cc2)n1. The van der Waals surface area contributed by atoms with E-state index in [0.717, 1.165) is 15.9 Å².